The van der Waals surface area contributed by atoms with Crippen molar-refractivity contribution in [2.24, 2.45) is 5.92 Å². The lowest BCUT2D eigenvalue weighted by molar-refractivity contribution is 0.418. The maximum absolute atomic E-state index is 7.57. The first kappa shape index (κ1) is 52.5. The van der Waals surface area contributed by atoms with Crippen LogP contribution >= 0.6 is 0 Å². The molecular weight excluding hydrogens is 841 g/mol. The van der Waals surface area contributed by atoms with E-state index in [1.165, 1.54) is 101 Å². The molecule has 0 radical (unpaired) electrons. The molecule has 0 saturated carbocycles. The van der Waals surface area contributed by atoms with Gasteiger partial charge in [-0.15, -0.1) is 6.58 Å². The Balaban J connectivity index is 0.000000249. The van der Waals surface area contributed by atoms with Crippen molar-refractivity contribution in [2.75, 3.05) is 0 Å². The van der Waals surface area contributed by atoms with Crippen molar-refractivity contribution < 1.29 is 8.23 Å². The van der Waals surface area contributed by atoms with Gasteiger partial charge < -0.3 is 8.23 Å². The van der Waals surface area contributed by atoms with Gasteiger partial charge in [-0.25, -0.2) is 0 Å². The Bertz CT molecular complexity index is 1910. The number of unbranched alkanes of at least 4 members (excludes halogenated alkanes) is 4. The smallest absolute Gasteiger partial charge is 0.278 e. The zero-order valence-corrected chi connectivity index (χ0v) is 44.8. The van der Waals surface area contributed by atoms with Gasteiger partial charge >= 0.3 is 0 Å². The Morgan fingerprint density at radius 1 is 0.391 bits per heavy atom. The minimum atomic E-state index is -2.61. The minimum absolute atomic E-state index is 0.835. The fraction of sp³-hybridized carbons (Fsp3) is 0.345. The number of rotatable bonds is 22. The van der Waals surface area contributed by atoms with E-state index in [1.807, 2.05) is 5.70 Å². The molecule has 0 unspecified atom stereocenters. The quantitative estimate of drug-likeness (QED) is 0.0384. The highest BCUT2D eigenvalue weighted by Gasteiger charge is 2.47. The number of benzene rings is 6. The van der Waals surface area contributed by atoms with E-state index in [0.717, 1.165) is 5.92 Å². The zero-order chi connectivity index (χ0) is 46.2. The van der Waals surface area contributed by atoms with Crippen LogP contribution in [-0.4, -0.2) is 33.3 Å². The molecule has 64 heavy (non-hydrogen) atoms. The summed E-state index contributed by atoms with van der Waals surface area (Å²) in [7, 11) is -9.18. The average molecular weight is 922 g/mol. The van der Waals surface area contributed by atoms with Crippen molar-refractivity contribution in [1.29, 1.82) is 0 Å². The Morgan fingerprint density at radius 2 is 0.672 bits per heavy atom. The standard InChI is InChI=1S/C29H40OSi2.C22H24OSi2.C7H16/c1-5-16-26(17-6-2)24-25-31(3,4)30-32(27-18-10-7-11-19-27,28-20-12-8-13-21-28)29-22-14-9-15-23-29;1-4-24(2,3)23-25(20-14-8-5-9-15-20,21-16-10-6-11-17-21)22-18-12-7-13-19-22;1-3-5-7-6-4-2/h7-15,18-23,26H,5-6,16-17,24-25H2,1-4H3;4-19H,1H2,2-3H3;3-7H2,1-2H3. The van der Waals surface area contributed by atoms with E-state index in [0.29, 0.717) is 0 Å². The van der Waals surface area contributed by atoms with Crippen molar-refractivity contribution in [3.8, 4) is 0 Å². The van der Waals surface area contributed by atoms with Gasteiger partial charge in [0.15, 0.2) is 16.6 Å². The molecule has 0 spiro atoms. The third kappa shape index (κ3) is 15.2. The Labute approximate surface area is 394 Å². The van der Waals surface area contributed by atoms with Gasteiger partial charge in [-0.3, -0.25) is 0 Å². The first-order valence-corrected chi connectivity index (χ1v) is 34.3. The third-order valence-corrected chi connectivity index (χ3v) is 28.3. The Kier molecular flexibility index (Phi) is 22.4. The van der Waals surface area contributed by atoms with Crippen LogP contribution in [0, 0.1) is 5.92 Å². The molecule has 6 rings (SSSR count). The second-order valence-electron chi connectivity index (χ2n) is 18.4. The molecule has 0 saturated heterocycles. The summed E-state index contributed by atoms with van der Waals surface area (Å²) in [5.41, 5.74) is 2.03. The first-order valence-electron chi connectivity index (χ1n) is 24.4. The molecule has 340 valence electrons. The molecule has 6 aromatic carbocycles. The van der Waals surface area contributed by atoms with Gasteiger partial charge in [0.1, 0.15) is 0 Å². The van der Waals surface area contributed by atoms with Crippen LogP contribution in [0.15, 0.2) is 194 Å². The highest BCUT2D eigenvalue weighted by atomic mass is 28.4. The minimum Gasteiger partial charge on any atom is -0.446 e. The molecule has 0 aliphatic carbocycles. The predicted molar refractivity (Wildman–Crippen MR) is 292 cm³/mol. The molecule has 0 N–H and O–H groups in total. The lowest BCUT2D eigenvalue weighted by Crippen LogP contribution is -2.72. The highest BCUT2D eigenvalue weighted by molar-refractivity contribution is 7.11. The monoisotopic (exact) mass is 921 g/mol. The van der Waals surface area contributed by atoms with E-state index in [2.05, 4.69) is 242 Å². The number of hydrogen-bond acceptors (Lipinski definition) is 2. The lowest BCUT2D eigenvalue weighted by Gasteiger charge is -2.40. The van der Waals surface area contributed by atoms with Crippen molar-refractivity contribution in [3.05, 3.63) is 194 Å². The van der Waals surface area contributed by atoms with Gasteiger partial charge in [-0.1, -0.05) is 280 Å². The van der Waals surface area contributed by atoms with Crippen molar-refractivity contribution in [2.45, 2.75) is 124 Å². The van der Waals surface area contributed by atoms with Gasteiger partial charge in [0.2, 0.25) is 0 Å². The predicted octanol–water partition coefficient (Wildman–Crippen LogP) is 13.1. The number of hydrogen-bond donors (Lipinski definition) is 0. The van der Waals surface area contributed by atoms with E-state index in [-0.39, 0.29) is 0 Å². The summed E-state index contributed by atoms with van der Waals surface area (Å²) in [6, 6.07) is 66.3. The van der Waals surface area contributed by atoms with E-state index in [4.69, 9.17) is 8.23 Å². The lowest BCUT2D eigenvalue weighted by atomic mass is 9.96. The second-order valence-corrected chi connectivity index (χ2v) is 33.8. The van der Waals surface area contributed by atoms with E-state index in [1.54, 1.807) is 0 Å². The van der Waals surface area contributed by atoms with E-state index < -0.39 is 33.3 Å². The van der Waals surface area contributed by atoms with Crippen molar-refractivity contribution >= 4 is 64.4 Å². The average Bonchev–Trinajstić information content (AvgIpc) is 3.34. The Morgan fingerprint density at radius 3 is 0.922 bits per heavy atom. The van der Waals surface area contributed by atoms with Crippen LogP contribution in [0.2, 0.25) is 32.2 Å². The van der Waals surface area contributed by atoms with Crippen molar-refractivity contribution in [1.82, 2.24) is 0 Å². The van der Waals surface area contributed by atoms with E-state index >= 15 is 0 Å². The SMILES string of the molecule is C=C[Si](C)(C)O[Si](c1ccccc1)(c1ccccc1)c1ccccc1.CCCC(CCC)CC[Si](C)(C)O[Si](c1ccccc1)(c1ccccc1)c1ccccc1.CCCCCCC. The van der Waals surface area contributed by atoms with Crippen LogP contribution in [0.1, 0.15) is 91.9 Å². The maximum atomic E-state index is 7.57. The summed E-state index contributed by atoms with van der Waals surface area (Å²) in [5, 5.41) is 7.85. The molecule has 0 atom stereocenters. The maximum Gasteiger partial charge on any atom is 0.278 e. The van der Waals surface area contributed by atoms with Crippen LogP contribution < -0.4 is 31.1 Å². The summed E-state index contributed by atoms with van der Waals surface area (Å²) in [4.78, 5) is 0. The molecule has 0 bridgehead atoms. The molecule has 6 heteroatoms. The summed E-state index contributed by atoms with van der Waals surface area (Å²) in [6.45, 7) is 22.5. The molecule has 2 nitrogen and oxygen atoms in total. The molecule has 0 fully saturated rings. The molecule has 0 amide bonds. The highest BCUT2D eigenvalue weighted by Crippen LogP contribution is 2.27. The van der Waals surface area contributed by atoms with Gasteiger partial charge in [0.25, 0.3) is 16.6 Å². The fourth-order valence-corrected chi connectivity index (χ4v) is 25.9. The summed E-state index contributed by atoms with van der Waals surface area (Å²) < 4.78 is 14.7. The molecule has 0 aromatic heterocycles. The van der Waals surface area contributed by atoms with Crippen LogP contribution in [0.5, 0.6) is 0 Å². The van der Waals surface area contributed by atoms with Gasteiger partial charge in [-0.05, 0) is 69.3 Å². The van der Waals surface area contributed by atoms with Crippen LogP contribution in [-0.2, 0) is 8.23 Å². The van der Waals surface area contributed by atoms with Crippen molar-refractivity contribution in [3.63, 3.8) is 0 Å². The normalized spacial score (nSPS) is 11.8. The molecular formula is C58H80O2Si4. The summed E-state index contributed by atoms with van der Waals surface area (Å²) in [6.07, 6.45) is 13.6. The molecule has 0 aliphatic rings. The van der Waals surface area contributed by atoms with Gasteiger partial charge in [0.05, 0.1) is 0 Å². The molecule has 0 heterocycles. The Hall–Kier alpha value is -4.15. The van der Waals surface area contributed by atoms with Crippen LogP contribution in [0.4, 0.5) is 0 Å². The fourth-order valence-electron chi connectivity index (χ4n) is 8.77. The van der Waals surface area contributed by atoms with Crippen LogP contribution in [0.25, 0.3) is 0 Å². The van der Waals surface area contributed by atoms with E-state index in [9.17, 15) is 0 Å². The first-order chi connectivity index (χ1) is 31.0. The molecule has 0 aliphatic heterocycles. The summed E-state index contributed by atoms with van der Waals surface area (Å²) in [5.74, 6) is 0.835. The van der Waals surface area contributed by atoms with Gasteiger partial charge in [0, 0.05) is 0 Å². The third-order valence-electron chi connectivity index (χ3n) is 12.2. The molecule has 6 aromatic rings. The zero-order valence-electron chi connectivity index (χ0n) is 40.8. The van der Waals surface area contributed by atoms with Crippen LogP contribution in [0.3, 0.4) is 0 Å². The topological polar surface area (TPSA) is 18.5 Å². The summed E-state index contributed by atoms with van der Waals surface area (Å²) >= 11 is 0. The van der Waals surface area contributed by atoms with Gasteiger partial charge in [-0.2, -0.15) is 0 Å². The second kappa shape index (κ2) is 27.4. The largest absolute Gasteiger partial charge is 0.446 e.